The van der Waals surface area contributed by atoms with Crippen molar-refractivity contribution in [2.45, 2.75) is 31.4 Å². The summed E-state index contributed by atoms with van der Waals surface area (Å²) in [4.78, 5) is 12.3. The number of piperidine rings is 1. The van der Waals surface area contributed by atoms with E-state index in [9.17, 15) is 15.0 Å². The van der Waals surface area contributed by atoms with Crippen LogP contribution in [0.2, 0.25) is 0 Å². The molecule has 2 atom stereocenters. The molecule has 0 saturated carbocycles. The number of carbonyl (C=O) groups excluding carboxylic acids is 1. The monoisotopic (exact) mass is 234 g/mol. The maximum atomic E-state index is 11.0. The molecule has 1 aromatic carbocycles. The first-order valence-corrected chi connectivity index (χ1v) is 5.91. The predicted molar refractivity (Wildman–Crippen MR) is 61.1 cm³/mol. The summed E-state index contributed by atoms with van der Waals surface area (Å²) in [6.45, 7) is 0.455. The van der Waals surface area contributed by atoms with E-state index in [-0.39, 0.29) is 6.04 Å². The van der Waals surface area contributed by atoms with Crippen LogP contribution in [0.15, 0.2) is 30.3 Å². The van der Waals surface area contributed by atoms with E-state index < -0.39 is 12.2 Å². The van der Waals surface area contributed by atoms with Crippen molar-refractivity contribution in [3.8, 4) is 0 Å². The molecule has 0 aromatic heterocycles. The molecular weight excluding hydrogens is 218 g/mol. The van der Waals surface area contributed by atoms with Crippen molar-refractivity contribution in [1.29, 1.82) is 0 Å². The lowest BCUT2D eigenvalue weighted by atomic mass is 9.93. The van der Waals surface area contributed by atoms with Crippen molar-refractivity contribution < 1.29 is 15.0 Å². The van der Waals surface area contributed by atoms with E-state index >= 15 is 0 Å². The van der Waals surface area contributed by atoms with Crippen molar-refractivity contribution in [3.05, 3.63) is 35.9 Å². The molecule has 2 rings (SSSR count). The van der Waals surface area contributed by atoms with Gasteiger partial charge in [0, 0.05) is 6.54 Å². The number of hydrogen-bond donors (Lipinski definition) is 1. The van der Waals surface area contributed by atoms with Gasteiger partial charge in [0.05, 0.1) is 12.1 Å². The lowest BCUT2D eigenvalue weighted by Crippen LogP contribution is -2.52. The molecule has 1 N–H and O–H groups in total. The topological polar surface area (TPSA) is 63.6 Å². The highest BCUT2D eigenvalue weighted by Crippen LogP contribution is 2.28. The van der Waals surface area contributed by atoms with Crippen LogP contribution in [-0.2, 0) is 0 Å². The molecule has 2 unspecified atom stereocenters. The van der Waals surface area contributed by atoms with Crippen molar-refractivity contribution in [2.75, 3.05) is 6.54 Å². The van der Waals surface area contributed by atoms with Gasteiger partial charge in [-0.25, -0.2) is 0 Å². The van der Waals surface area contributed by atoms with Crippen LogP contribution in [-0.4, -0.2) is 28.7 Å². The molecule has 1 aliphatic heterocycles. The second kappa shape index (κ2) is 5.19. The lowest BCUT2D eigenvalue weighted by Gasteiger charge is -2.40. The average molecular weight is 234 g/mol. The smallest absolute Gasteiger partial charge is 0.137 e. The SMILES string of the molecule is O=C([O-])N1CCCCC1C(O)c1ccccc1. The van der Waals surface area contributed by atoms with Crippen molar-refractivity contribution in [3.63, 3.8) is 0 Å². The summed E-state index contributed by atoms with van der Waals surface area (Å²) >= 11 is 0. The average Bonchev–Trinajstić information content (AvgIpc) is 2.39. The number of carbonyl (C=O) groups is 1. The fraction of sp³-hybridized carbons (Fsp3) is 0.462. The number of aliphatic hydroxyl groups excluding tert-OH is 1. The van der Waals surface area contributed by atoms with Gasteiger partial charge < -0.3 is 19.9 Å². The summed E-state index contributed by atoms with van der Waals surface area (Å²) in [5, 5.41) is 21.2. The normalized spacial score (nSPS) is 22.2. The van der Waals surface area contributed by atoms with Crippen molar-refractivity contribution in [2.24, 2.45) is 0 Å². The maximum absolute atomic E-state index is 11.0. The standard InChI is InChI=1S/C13H17NO3/c15-12(10-6-2-1-3-7-10)11-8-4-5-9-14(11)13(16)17/h1-3,6-7,11-12,15H,4-5,8-9H2,(H,16,17)/p-1. The van der Waals surface area contributed by atoms with Crippen LogP contribution in [0, 0.1) is 0 Å². The zero-order valence-electron chi connectivity index (χ0n) is 9.58. The van der Waals surface area contributed by atoms with Gasteiger partial charge in [-0.15, -0.1) is 0 Å². The van der Waals surface area contributed by atoms with Crippen LogP contribution >= 0.6 is 0 Å². The molecule has 1 aromatic rings. The third kappa shape index (κ3) is 2.58. The Morgan fingerprint density at radius 3 is 2.71 bits per heavy atom. The molecule has 1 heterocycles. The quantitative estimate of drug-likeness (QED) is 0.827. The number of likely N-dealkylation sites (tertiary alicyclic amines) is 1. The number of nitrogens with zero attached hydrogens (tertiary/aromatic N) is 1. The fourth-order valence-electron chi connectivity index (χ4n) is 2.38. The number of aliphatic hydroxyl groups is 1. The fourth-order valence-corrected chi connectivity index (χ4v) is 2.38. The minimum Gasteiger partial charge on any atom is -0.530 e. The predicted octanol–water partition coefficient (Wildman–Crippen LogP) is 0.918. The largest absolute Gasteiger partial charge is 0.530 e. The number of rotatable bonds is 2. The molecule has 4 heteroatoms. The third-order valence-corrected chi connectivity index (χ3v) is 3.29. The first-order chi connectivity index (χ1) is 8.20. The summed E-state index contributed by atoms with van der Waals surface area (Å²) in [7, 11) is 0. The molecule has 0 radical (unpaired) electrons. The van der Waals surface area contributed by atoms with Gasteiger partial charge in [0.15, 0.2) is 0 Å². The van der Waals surface area contributed by atoms with E-state index in [1.54, 1.807) is 0 Å². The number of benzene rings is 1. The van der Waals surface area contributed by atoms with Gasteiger partial charge >= 0.3 is 0 Å². The van der Waals surface area contributed by atoms with Crippen LogP contribution in [0.1, 0.15) is 30.9 Å². The van der Waals surface area contributed by atoms with Crippen LogP contribution in [0.3, 0.4) is 0 Å². The van der Waals surface area contributed by atoms with Crippen molar-refractivity contribution >= 4 is 6.09 Å². The van der Waals surface area contributed by atoms with E-state index in [4.69, 9.17) is 0 Å². The van der Waals surface area contributed by atoms with E-state index in [0.29, 0.717) is 13.0 Å². The van der Waals surface area contributed by atoms with Gasteiger partial charge in [-0.2, -0.15) is 0 Å². The molecule has 1 aliphatic rings. The summed E-state index contributed by atoms with van der Waals surface area (Å²) < 4.78 is 0. The van der Waals surface area contributed by atoms with Gasteiger partial charge in [-0.3, -0.25) is 0 Å². The van der Waals surface area contributed by atoms with Crippen LogP contribution in [0.5, 0.6) is 0 Å². The van der Waals surface area contributed by atoms with Gasteiger partial charge in [0.25, 0.3) is 0 Å². The zero-order valence-corrected chi connectivity index (χ0v) is 9.58. The minimum absolute atomic E-state index is 0.379. The Hall–Kier alpha value is -1.55. The minimum atomic E-state index is -1.19. The van der Waals surface area contributed by atoms with Crippen molar-refractivity contribution in [1.82, 2.24) is 4.90 Å². The molecule has 0 bridgehead atoms. The maximum Gasteiger partial charge on any atom is 0.137 e. The first kappa shape index (κ1) is 11.9. The number of amides is 1. The molecule has 1 amide bonds. The van der Waals surface area contributed by atoms with E-state index in [0.717, 1.165) is 18.4 Å². The summed E-state index contributed by atoms with van der Waals surface area (Å²) in [6, 6.07) is 8.79. The Balaban J connectivity index is 2.16. The van der Waals surface area contributed by atoms with Gasteiger partial charge in [0.1, 0.15) is 6.09 Å². The Morgan fingerprint density at radius 1 is 1.35 bits per heavy atom. The molecule has 17 heavy (non-hydrogen) atoms. The summed E-state index contributed by atoms with van der Waals surface area (Å²) in [5.41, 5.74) is 0.755. The first-order valence-electron chi connectivity index (χ1n) is 5.91. The second-order valence-electron chi connectivity index (χ2n) is 4.38. The molecule has 1 fully saturated rings. The molecule has 0 spiro atoms. The molecule has 0 aliphatic carbocycles. The Morgan fingerprint density at radius 2 is 2.06 bits per heavy atom. The summed E-state index contributed by atoms with van der Waals surface area (Å²) in [5.74, 6) is 0. The number of carboxylic acid groups (broad SMARTS) is 1. The second-order valence-corrected chi connectivity index (χ2v) is 4.38. The third-order valence-electron chi connectivity index (χ3n) is 3.29. The summed E-state index contributed by atoms with van der Waals surface area (Å²) in [6.07, 6.45) is 0.507. The highest BCUT2D eigenvalue weighted by atomic mass is 16.4. The lowest BCUT2D eigenvalue weighted by molar-refractivity contribution is -0.271. The van der Waals surface area contributed by atoms with Gasteiger partial charge in [0.2, 0.25) is 0 Å². The van der Waals surface area contributed by atoms with Crippen LogP contribution in [0.4, 0.5) is 4.79 Å². The molecular formula is C13H16NO3-. The Bertz CT molecular complexity index is 380. The number of hydrogen-bond acceptors (Lipinski definition) is 3. The van der Waals surface area contributed by atoms with Crippen LogP contribution in [0.25, 0.3) is 0 Å². The van der Waals surface area contributed by atoms with E-state index in [1.165, 1.54) is 4.90 Å². The molecule has 4 nitrogen and oxygen atoms in total. The zero-order chi connectivity index (χ0) is 12.3. The van der Waals surface area contributed by atoms with Gasteiger partial charge in [-0.05, 0) is 24.8 Å². The Kier molecular flexibility index (Phi) is 3.64. The van der Waals surface area contributed by atoms with E-state index in [2.05, 4.69) is 0 Å². The van der Waals surface area contributed by atoms with Crippen LogP contribution < -0.4 is 5.11 Å². The highest BCUT2D eigenvalue weighted by Gasteiger charge is 2.29. The highest BCUT2D eigenvalue weighted by molar-refractivity contribution is 5.63. The van der Waals surface area contributed by atoms with Gasteiger partial charge in [-0.1, -0.05) is 30.3 Å². The molecule has 92 valence electrons. The molecule has 1 saturated heterocycles. The Labute approximate surface area is 100 Å². The van der Waals surface area contributed by atoms with E-state index in [1.807, 2.05) is 30.3 Å².